The number of carbonyl (C=O) groups excluding carboxylic acids is 1. The summed E-state index contributed by atoms with van der Waals surface area (Å²) in [7, 11) is 1.35. The summed E-state index contributed by atoms with van der Waals surface area (Å²) in [5.74, 6) is -0.724. The maximum Gasteiger partial charge on any atom is 0.326 e. The molecule has 0 bridgehead atoms. The van der Waals surface area contributed by atoms with Gasteiger partial charge in [0.2, 0.25) is 0 Å². The lowest BCUT2D eigenvalue weighted by Crippen LogP contribution is -2.58. The molecule has 0 spiro atoms. The van der Waals surface area contributed by atoms with Gasteiger partial charge in [-0.25, -0.2) is 4.39 Å². The summed E-state index contributed by atoms with van der Waals surface area (Å²) in [6.45, 7) is 1.46. The van der Waals surface area contributed by atoms with Gasteiger partial charge in [0, 0.05) is 19.4 Å². The van der Waals surface area contributed by atoms with Gasteiger partial charge in [0.1, 0.15) is 11.4 Å². The average molecular weight is 388 g/mol. The van der Waals surface area contributed by atoms with Crippen molar-refractivity contribution in [2.24, 2.45) is 0 Å². The lowest BCUT2D eigenvalue weighted by Gasteiger charge is -2.41. The van der Waals surface area contributed by atoms with Crippen LogP contribution in [0.1, 0.15) is 12.0 Å². The first-order chi connectivity index (χ1) is 11.0. The van der Waals surface area contributed by atoms with E-state index in [1.54, 1.807) is 12.1 Å². The molecule has 1 aromatic carbocycles. The van der Waals surface area contributed by atoms with Gasteiger partial charge in [0.15, 0.2) is 0 Å². The van der Waals surface area contributed by atoms with Gasteiger partial charge in [-0.2, -0.15) is 0 Å². The highest BCUT2D eigenvalue weighted by Gasteiger charge is 2.57. The highest BCUT2D eigenvalue weighted by Crippen LogP contribution is 2.39. The number of ether oxygens (including phenoxy) is 2. The zero-order valence-electron chi connectivity index (χ0n) is 12.8. The van der Waals surface area contributed by atoms with Crippen LogP contribution in [0.25, 0.3) is 0 Å². The van der Waals surface area contributed by atoms with Crippen LogP contribution in [-0.4, -0.2) is 60.5 Å². The van der Waals surface area contributed by atoms with Crippen LogP contribution in [0, 0.1) is 5.82 Å². The normalized spacial score (nSPS) is 31.0. The molecule has 0 amide bonds. The Morgan fingerprint density at radius 2 is 2.39 bits per heavy atom. The summed E-state index contributed by atoms with van der Waals surface area (Å²) in [6.07, 6.45) is -0.0206. The Hall–Kier alpha value is -1.02. The second-order valence-electron chi connectivity index (χ2n) is 6.06. The van der Waals surface area contributed by atoms with Gasteiger partial charge in [-0.1, -0.05) is 6.07 Å². The van der Waals surface area contributed by atoms with E-state index in [1.165, 1.54) is 13.2 Å². The fourth-order valence-corrected chi connectivity index (χ4v) is 4.12. The smallest absolute Gasteiger partial charge is 0.326 e. The van der Waals surface area contributed by atoms with Gasteiger partial charge in [-0.05, 0) is 33.6 Å². The maximum atomic E-state index is 13.5. The van der Waals surface area contributed by atoms with Crippen molar-refractivity contribution in [3.05, 3.63) is 34.1 Å². The minimum atomic E-state index is -0.945. The molecule has 0 aliphatic carbocycles. The minimum Gasteiger partial charge on any atom is -0.468 e. The zero-order valence-corrected chi connectivity index (χ0v) is 14.4. The van der Waals surface area contributed by atoms with Crippen LogP contribution in [0.15, 0.2) is 22.7 Å². The molecule has 2 saturated heterocycles. The molecule has 3 rings (SSSR count). The quantitative estimate of drug-likeness (QED) is 0.796. The third-order valence-electron chi connectivity index (χ3n) is 4.75. The number of rotatable bonds is 3. The van der Waals surface area contributed by atoms with Crippen LogP contribution in [0.3, 0.4) is 0 Å². The number of aliphatic hydroxyl groups is 1. The third-order valence-corrected chi connectivity index (χ3v) is 5.36. The SMILES string of the molecule is COC(=O)[C@]1(Cc2ccc(F)c(Br)c2)C[C@H](O)[C@@H]2COCCN21. The molecule has 1 aromatic rings. The molecule has 0 aromatic heterocycles. The summed E-state index contributed by atoms with van der Waals surface area (Å²) in [4.78, 5) is 14.6. The molecule has 2 heterocycles. The van der Waals surface area contributed by atoms with Gasteiger partial charge in [0.25, 0.3) is 0 Å². The fourth-order valence-electron chi connectivity index (χ4n) is 3.70. The van der Waals surface area contributed by atoms with Crippen molar-refractivity contribution in [2.45, 2.75) is 30.5 Å². The maximum absolute atomic E-state index is 13.5. The second-order valence-corrected chi connectivity index (χ2v) is 6.91. The van der Waals surface area contributed by atoms with Crippen molar-refractivity contribution in [2.75, 3.05) is 26.9 Å². The number of hydrogen-bond donors (Lipinski definition) is 1. The Balaban J connectivity index is 1.97. The predicted molar refractivity (Wildman–Crippen MR) is 84.5 cm³/mol. The molecule has 2 aliphatic rings. The highest BCUT2D eigenvalue weighted by atomic mass is 79.9. The number of halogens is 2. The minimum absolute atomic E-state index is 0.216. The van der Waals surface area contributed by atoms with E-state index in [-0.39, 0.29) is 24.2 Å². The number of fused-ring (bicyclic) bond motifs is 1. The molecule has 0 unspecified atom stereocenters. The van der Waals surface area contributed by atoms with Crippen LogP contribution in [0.5, 0.6) is 0 Å². The summed E-state index contributed by atoms with van der Waals surface area (Å²) >= 11 is 3.17. The number of aliphatic hydroxyl groups excluding tert-OH is 1. The van der Waals surface area contributed by atoms with Crippen molar-refractivity contribution >= 4 is 21.9 Å². The topological polar surface area (TPSA) is 59.0 Å². The summed E-state index contributed by atoms with van der Waals surface area (Å²) < 4.78 is 24.3. The molecule has 0 radical (unpaired) electrons. The first-order valence-corrected chi connectivity index (χ1v) is 8.32. The highest BCUT2D eigenvalue weighted by molar-refractivity contribution is 9.10. The monoisotopic (exact) mass is 387 g/mol. The van der Waals surface area contributed by atoms with Gasteiger partial charge in [-0.3, -0.25) is 9.69 Å². The van der Waals surface area contributed by atoms with Crippen LogP contribution in [-0.2, 0) is 20.7 Å². The van der Waals surface area contributed by atoms with E-state index in [1.807, 2.05) is 4.90 Å². The van der Waals surface area contributed by atoms with Gasteiger partial charge in [0.05, 0.1) is 36.9 Å². The van der Waals surface area contributed by atoms with E-state index >= 15 is 0 Å². The first-order valence-electron chi connectivity index (χ1n) is 7.53. The van der Waals surface area contributed by atoms with E-state index in [2.05, 4.69) is 15.9 Å². The molecular weight excluding hydrogens is 369 g/mol. The predicted octanol–water partition coefficient (Wildman–Crippen LogP) is 1.51. The summed E-state index contributed by atoms with van der Waals surface area (Å²) in [5.41, 5.74) is -0.136. The number of morpholine rings is 1. The van der Waals surface area contributed by atoms with E-state index in [0.717, 1.165) is 5.56 Å². The molecule has 3 atom stereocenters. The standard InChI is InChI=1S/C16H19BrFNO4/c1-22-15(21)16(7-10-2-3-12(18)11(17)6-10)8-14(20)13-9-23-5-4-19(13)16/h2-3,6,13-14,20H,4-5,7-9H2,1H3/t13-,14-,16-/m0/s1. The Bertz CT molecular complexity index is 614. The van der Waals surface area contributed by atoms with Crippen molar-refractivity contribution in [1.29, 1.82) is 0 Å². The number of hydrogen-bond acceptors (Lipinski definition) is 5. The van der Waals surface area contributed by atoms with Gasteiger partial charge < -0.3 is 14.6 Å². The molecule has 23 heavy (non-hydrogen) atoms. The molecule has 2 aliphatic heterocycles. The lowest BCUT2D eigenvalue weighted by molar-refractivity contribution is -0.157. The van der Waals surface area contributed by atoms with Crippen molar-refractivity contribution in [3.63, 3.8) is 0 Å². The fraction of sp³-hybridized carbons (Fsp3) is 0.562. The second kappa shape index (κ2) is 6.47. The van der Waals surface area contributed by atoms with Crippen LogP contribution < -0.4 is 0 Å². The van der Waals surface area contributed by atoms with Crippen molar-refractivity contribution in [1.82, 2.24) is 4.90 Å². The van der Waals surface area contributed by atoms with E-state index in [0.29, 0.717) is 30.7 Å². The van der Waals surface area contributed by atoms with Crippen LogP contribution in [0.2, 0.25) is 0 Å². The van der Waals surface area contributed by atoms with Crippen LogP contribution >= 0.6 is 15.9 Å². The van der Waals surface area contributed by atoms with Gasteiger partial charge >= 0.3 is 5.97 Å². The molecule has 1 N–H and O–H groups in total. The summed E-state index contributed by atoms with van der Waals surface area (Å²) in [5, 5.41) is 10.4. The average Bonchev–Trinajstić information content (AvgIpc) is 2.84. The summed E-state index contributed by atoms with van der Waals surface area (Å²) in [6, 6.07) is 4.48. The molecule has 7 heteroatoms. The van der Waals surface area contributed by atoms with Crippen molar-refractivity contribution < 1.29 is 23.8 Å². The molecule has 2 fully saturated rings. The largest absolute Gasteiger partial charge is 0.468 e. The number of nitrogens with zero attached hydrogens (tertiary/aromatic N) is 1. The number of carbonyl (C=O) groups is 1. The number of esters is 1. The molecule has 126 valence electrons. The van der Waals surface area contributed by atoms with Gasteiger partial charge in [-0.15, -0.1) is 0 Å². The van der Waals surface area contributed by atoms with E-state index < -0.39 is 11.6 Å². The van der Waals surface area contributed by atoms with Crippen molar-refractivity contribution in [3.8, 4) is 0 Å². The Morgan fingerprint density at radius 3 is 3.09 bits per heavy atom. The molecule has 5 nitrogen and oxygen atoms in total. The third kappa shape index (κ3) is 2.91. The molecule has 0 saturated carbocycles. The van der Waals surface area contributed by atoms with E-state index in [9.17, 15) is 14.3 Å². The number of benzene rings is 1. The number of methoxy groups -OCH3 is 1. The van der Waals surface area contributed by atoms with Crippen LogP contribution in [0.4, 0.5) is 4.39 Å². The van der Waals surface area contributed by atoms with E-state index in [4.69, 9.17) is 9.47 Å². The Kier molecular flexibility index (Phi) is 4.73. The molecular formula is C16H19BrFNO4. The Labute approximate surface area is 142 Å². The lowest BCUT2D eigenvalue weighted by atomic mass is 9.87. The first kappa shape index (κ1) is 16.8. The zero-order chi connectivity index (χ0) is 16.6. The Morgan fingerprint density at radius 1 is 1.61 bits per heavy atom.